The highest BCUT2D eigenvalue weighted by molar-refractivity contribution is 5.99. The van der Waals surface area contributed by atoms with Crippen LogP contribution in [0.1, 0.15) is 37.0 Å². The van der Waals surface area contributed by atoms with E-state index < -0.39 is 0 Å². The van der Waals surface area contributed by atoms with Crippen molar-refractivity contribution in [3.05, 3.63) is 29.8 Å². The van der Waals surface area contributed by atoms with Gasteiger partial charge in [-0.05, 0) is 51.0 Å². The minimum absolute atomic E-state index is 0.176. The van der Waals surface area contributed by atoms with Crippen molar-refractivity contribution < 1.29 is 9.53 Å². The Balaban J connectivity index is 2.06. The molecule has 0 aliphatic heterocycles. The second kappa shape index (κ2) is 4.05. The molecular formula is C13H16O2. The van der Waals surface area contributed by atoms with Crippen molar-refractivity contribution in [2.75, 3.05) is 0 Å². The van der Waals surface area contributed by atoms with Crippen molar-refractivity contribution in [1.29, 1.82) is 0 Å². The summed E-state index contributed by atoms with van der Waals surface area (Å²) < 4.78 is 5.51. The van der Waals surface area contributed by atoms with Gasteiger partial charge in [0.1, 0.15) is 5.75 Å². The normalized spacial score (nSPS) is 15.4. The monoisotopic (exact) mass is 204 g/mol. The van der Waals surface area contributed by atoms with Crippen molar-refractivity contribution in [3.63, 3.8) is 0 Å². The summed E-state index contributed by atoms with van der Waals surface area (Å²) in [5, 5.41) is 0. The number of rotatable bonds is 4. The second-order valence-corrected chi connectivity index (χ2v) is 4.33. The molecule has 0 radical (unpaired) electrons. The maximum atomic E-state index is 11.7. The first-order valence-electron chi connectivity index (χ1n) is 5.48. The van der Waals surface area contributed by atoms with E-state index in [1.54, 1.807) is 0 Å². The number of ether oxygens (including phenoxy) is 1. The summed E-state index contributed by atoms with van der Waals surface area (Å²) in [6, 6.07) is 7.46. The van der Waals surface area contributed by atoms with E-state index in [1.165, 1.54) is 0 Å². The van der Waals surface area contributed by atoms with Crippen molar-refractivity contribution in [2.24, 2.45) is 5.92 Å². The Labute approximate surface area is 90.3 Å². The molecule has 0 heterocycles. The van der Waals surface area contributed by atoms with Gasteiger partial charge in [-0.15, -0.1) is 0 Å². The van der Waals surface area contributed by atoms with E-state index in [0.717, 1.165) is 24.2 Å². The molecule has 1 aliphatic carbocycles. The fourth-order valence-electron chi connectivity index (χ4n) is 1.55. The summed E-state index contributed by atoms with van der Waals surface area (Å²) in [5.74, 6) is 1.41. The summed E-state index contributed by atoms with van der Waals surface area (Å²) in [6.45, 7) is 3.98. The van der Waals surface area contributed by atoms with Crippen LogP contribution in [-0.2, 0) is 0 Å². The molecule has 2 nitrogen and oxygen atoms in total. The van der Waals surface area contributed by atoms with Gasteiger partial charge in [0.25, 0.3) is 0 Å². The highest BCUT2D eigenvalue weighted by Crippen LogP contribution is 2.32. The van der Waals surface area contributed by atoms with Crippen molar-refractivity contribution in [2.45, 2.75) is 32.8 Å². The zero-order valence-electron chi connectivity index (χ0n) is 9.19. The molecule has 0 atom stereocenters. The van der Waals surface area contributed by atoms with Crippen molar-refractivity contribution in [3.8, 4) is 5.75 Å². The molecule has 1 aliphatic rings. The highest BCUT2D eigenvalue weighted by atomic mass is 16.5. The predicted molar refractivity (Wildman–Crippen MR) is 59.3 cm³/mol. The third-order valence-corrected chi connectivity index (χ3v) is 2.46. The zero-order valence-corrected chi connectivity index (χ0v) is 9.19. The average molecular weight is 204 g/mol. The number of carbonyl (C=O) groups is 1. The second-order valence-electron chi connectivity index (χ2n) is 4.33. The van der Waals surface area contributed by atoms with Gasteiger partial charge >= 0.3 is 0 Å². The van der Waals surface area contributed by atoms with Gasteiger partial charge in [-0.25, -0.2) is 0 Å². The molecule has 0 unspecified atom stereocenters. The van der Waals surface area contributed by atoms with Crippen LogP contribution in [0.4, 0.5) is 0 Å². The Bertz CT molecular complexity index is 347. The number of hydrogen-bond acceptors (Lipinski definition) is 2. The molecule has 0 spiro atoms. The Hall–Kier alpha value is -1.31. The van der Waals surface area contributed by atoms with E-state index >= 15 is 0 Å². The Kier molecular flexibility index (Phi) is 2.76. The van der Waals surface area contributed by atoms with E-state index in [2.05, 4.69) is 0 Å². The number of ketones is 1. The zero-order chi connectivity index (χ0) is 10.8. The van der Waals surface area contributed by atoms with Crippen LogP contribution in [0.5, 0.6) is 5.75 Å². The third kappa shape index (κ3) is 2.58. The standard InChI is InChI=1S/C13H16O2/c1-9(2)15-12-7-5-11(6-8-12)13(14)10-3-4-10/h5-10H,3-4H2,1-2H3. The van der Waals surface area contributed by atoms with E-state index in [1.807, 2.05) is 38.1 Å². The number of Topliss-reactive ketones (excluding diaryl/α,β-unsaturated/α-hetero) is 1. The third-order valence-electron chi connectivity index (χ3n) is 2.46. The minimum atomic E-state index is 0.176. The quantitative estimate of drug-likeness (QED) is 0.704. The molecule has 2 rings (SSSR count). The molecule has 1 fully saturated rings. The van der Waals surface area contributed by atoms with Crippen LogP contribution < -0.4 is 4.74 Å². The molecule has 0 amide bonds. The molecular weight excluding hydrogens is 188 g/mol. The van der Waals surface area contributed by atoms with Crippen LogP contribution in [0.25, 0.3) is 0 Å². The van der Waals surface area contributed by atoms with Gasteiger partial charge in [0.2, 0.25) is 0 Å². The maximum absolute atomic E-state index is 11.7. The van der Waals surface area contributed by atoms with Crippen molar-refractivity contribution in [1.82, 2.24) is 0 Å². The fourth-order valence-corrected chi connectivity index (χ4v) is 1.55. The number of carbonyl (C=O) groups excluding carboxylic acids is 1. The van der Waals surface area contributed by atoms with Crippen LogP contribution in [0.15, 0.2) is 24.3 Å². The largest absolute Gasteiger partial charge is 0.491 e. The summed E-state index contributed by atoms with van der Waals surface area (Å²) >= 11 is 0. The minimum Gasteiger partial charge on any atom is -0.491 e. The van der Waals surface area contributed by atoms with E-state index in [-0.39, 0.29) is 11.9 Å². The first-order valence-corrected chi connectivity index (χ1v) is 5.48. The average Bonchev–Trinajstić information content (AvgIpc) is 3.00. The SMILES string of the molecule is CC(C)Oc1ccc(C(=O)C2CC2)cc1. The van der Waals surface area contributed by atoms with Crippen LogP contribution in [0.3, 0.4) is 0 Å². The highest BCUT2D eigenvalue weighted by Gasteiger charge is 2.30. The molecule has 0 aromatic heterocycles. The Morgan fingerprint density at radius 3 is 2.33 bits per heavy atom. The molecule has 1 aromatic rings. The van der Waals surface area contributed by atoms with Gasteiger partial charge < -0.3 is 4.74 Å². The number of benzene rings is 1. The molecule has 0 bridgehead atoms. The Morgan fingerprint density at radius 2 is 1.87 bits per heavy atom. The van der Waals surface area contributed by atoms with Gasteiger partial charge in [-0.3, -0.25) is 4.79 Å². The lowest BCUT2D eigenvalue weighted by Crippen LogP contribution is -2.06. The van der Waals surface area contributed by atoms with Gasteiger partial charge in [0.15, 0.2) is 5.78 Å². The van der Waals surface area contributed by atoms with Crippen LogP contribution in [-0.4, -0.2) is 11.9 Å². The molecule has 0 saturated heterocycles. The van der Waals surface area contributed by atoms with E-state index in [9.17, 15) is 4.79 Å². The van der Waals surface area contributed by atoms with Crippen LogP contribution >= 0.6 is 0 Å². The van der Waals surface area contributed by atoms with Gasteiger partial charge in [0.05, 0.1) is 6.10 Å². The molecule has 1 saturated carbocycles. The number of hydrogen-bond donors (Lipinski definition) is 0. The lowest BCUT2D eigenvalue weighted by Gasteiger charge is -2.09. The lowest BCUT2D eigenvalue weighted by molar-refractivity contribution is 0.0967. The Morgan fingerprint density at radius 1 is 1.27 bits per heavy atom. The molecule has 2 heteroatoms. The summed E-state index contributed by atoms with van der Waals surface area (Å²) in [5.41, 5.74) is 0.814. The van der Waals surface area contributed by atoms with Gasteiger partial charge in [-0.1, -0.05) is 0 Å². The first-order chi connectivity index (χ1) is 7.16. The topological polar surface area (TPSA) is 26.3 Å². The fraction of sp³-hybridized carbons (Fsp3) is 0.462. The molecule has 80 valence electrons. The summed E-state index contributed by atoms with van der Waals surface area (Å²) in [7, 11) is 0. The maximum Gasteiger partial charge on any atom is 0.165 e. The summed E-state index contributed by atoms with van der Waals surface area (Å²) in [4.78, 5) is 11.7. The van der Waals surface area contributed by atoms with Crippen molar-refractivity contribution >= 4 is 5.78 Å². The van der Waals surface area contributed by atoms with Crippen LogP contribution in [0.2, 0.25) is 0 Å². The molecule has 1 aromatic carbocycles. The predicted octanol–water partition coefficient (Wildman–Crippen LogP) is 3.07. The first kappa shape index (κ1) is 10.2. The van der Waals surface area contributed by atoms with Crippen LogP contribution in [0, 0.1) is 5.92 Å². The summed E-state index contributed by atoms with van der Waals surface area (Å²) in [6.07, 6.45) is 2.29. The van der Waals surface area contributed by atoms with E-state index in [0.29, 0.717) is 5.92 Å². The smallest absolute Gasteiger partial charge is 0.165 e. The van der Waals surface area contributed by atoms with Gasteiger partial charge in [0, 0.05) is 11.5 Å². The van der Waals surface area contributed by atoms with E-state index in [4.69, 9.17) is 4.74 Å². The molecule has 15 heavy (non-hydrogen) atoms. The lowest BCUT2D eigenvalue weighted by atomic mass is 10.1. The molecule has 0 N–H and O–H groups in total. The van der Waals surface area contributed by atoms with Gasteiger partial charge in [-0.2, -0.15) is 0 Å².